The van der Waals surface area contributed by atoms with E-state index in [9.17, 15) is 5.11 Å². The molecule has 0 saturated carbocycles. The number of phenolic OH excluding ortho intramolecular Hbond substituents is 1. The maximum absolute atomic E-state index is 9.58. The maximum Gasteiger partial charge on any atom is 0.129 e. The summed E-state index contributed by atoms with van der Waals surface area (Å²) in [6.07, 6.45) is 0. The first-order chi connectivity index (χ1) is 8.75. The molecule has 0 atom stereocenters. The fourth-order valence-corrected chi connectivity index (χ4v) is 2.32. The van der Waals surface area contributed by atoms with Crippen LogP contribution >= 0.6 is 23.4 Å². The minimum absolute atomic E-state index is 0.314. The van der Waals surface area contributed by atoms with Crippen LogP contribution in [0, 0.1) is 0 Å². The molecule has 0 unspecified atom stereocenters. The van der Waals surface area contributed by atoms with Gasteiger partial charge in [-0.1, -0.05) is 23.7 Å². The van der Waals surface area contributed by atoms with Crippen LogP contribution in [0.1, 0.15) is 0 Å². The first-order valence-corrected chi connectivity index (χ1v) is 6.91. The van der Waals surface area contributed by atoms with E-state index in [0.717, 1.165) is 16.4 Å². The van der Waals surface area contributed by atoms with Crippen LogP contribution in [-0.2, 0) is 0 Å². The molecule has 2 aromatic rings. The van der Waals surface area contributed by atoms with E-state index < -0.39 is 0 Å². The number of phenols is 1. The van der Waals surface area contributed by atoms with Crippen molar-refractivity contribution in [2.24, 2.45) is 0 Å². The van der Waals surface area contributed by atoms with E-state index in [4.69, 9.17) is 16.3 Å². The van der Waals surface area contributed by atoms with E-state index in [1.165, 1.54) is 0 Å². The van der Waals surface area contributed by atoms with Gasteiger partial charge in [-0.05, 0) is 36.4 Å². The molecule has 2 nitrogen and oxygen atoms in total. The molecule has 2 rings (SSSR count). The Labute approximate surface area is 116 Å². The minimum Gasteiger partial charge on any atom is -0.507 e. The average Bonchev–Trinajstić information content (AvgIpc) is 2.39. The highest BCUT2D eigenvalue weighted by molar-refractivity contribution is 7.99. The van der Waals surface area contributed by atoms with Crippen LogP contribution in [-0.4, -0.2) is 17.5 Å². The lowest BCUT2D eigenvalue weighted by Gasteiger charge is -2.06. The number of ether oxygens (including phenoxy) is 1. The molecular formula is C14H13ClO2S. The minimum atomic E-state index is 0.314. The highest BCUT2D eigenvalue weighted by atomic mass is 35.5. The topological polar surface area (TPSA) is 29.5 Å². The summed E-state index contributed by atoms with van der Waals surface area (Å²) in [7, 11) is 0. The van der Waals surface area contributed by atoms with Gasteiger partial charge < -0.3 is 9.84 Å². The summed E-state index contributed by atoms with van der Waals surface area (Å²) in [5.74, 6) is 1.89. The molecule has 0 heterocycles. The highest BCUT2D eigenvalue weighted by Crippen LogP contribution is 2.27. The number of hydrogen-bond donors (Lipinski definition) is 1. The van der Waals surface area contributed by atoms with Crippen molar-refractivity contribution < 1.29 is 9.84 Å². The molecule has 0 aromatic heterocycles. The first-order valence-electron chi connectivity index (χ1n) is 5.55. The van der Waals surface area contributed by atoms with Crippen molar-refractivity contribution in [3.63, 3.8) is 0 Å². The summed E-state index contributed by atoms with van der Waals surface area (Å²) in [4.78, 5) is 0.872. The van der Waals surface area contributed by atoms with Gasteiger partial charge in [0, 0.05) is 15.7 Å². The summed E-state index contributed by atoms with van der Waals surface area (Å²) in [6, 6.07) is 14.6. The summed E-state index contributed by atoms with van der Waals surface area (Å²) >= 11 is 7.35. The summed E-state index contributed by atoms with van der Waals surface area (Å²) in [6.45, 7) is 0.584. The van der Waals surface area contributed by atoms with E-state index in [1.807, 2.05) is 30.3 Å². The molecule has 1 N–H and O–H groups in total. The number of halogens is 1. The number of rotatable bonds is 5. The van der Waals surface area contributed by atoms with Crippen LogP contribution in [0.25, 0.3) is 0 Å². The van der Waals surface area contributed by atoms with Crippen LogP contribution in [0.2, 0.25) is 5.02 Å². The molecule has 94 valence electrons. The smallest absolute Gasteiger partial charge is 0.129 e. The van der Waals surface area contributed by atoms with E-state index in [0.29, 0.717) is 17.4 Å². The number of hydrogen-bond acceptors (Lipinski definition) is 3. The quantitative estimate of drug-likeness (QED) is 0.657. The van der Waals surface area contributed by atoms with Gasteiger partial charge >= 0.3 is 0 Å². The van der Waals surface area contributed by atoms with Gasteiger partial charge in [0.15, 0.2) is 0 Å². The Kier molecular flexibility index (Phi) is 4.79. The van der Waals surface area contributed by atoms with Gasteiger partial charge in [-0.2, -0.15) is 0 Å². The van der Waals surface area contributed by atoms with Crippen LogP contribution in [0.5, 0.6) is 11.5 Å². The lowest BCUT2D eigenvalue weighted by Crippen LogP contribution is -1.99. The average molecular weight is 281 g/mol. The molecule has 0 fully saturated rings. The van der Waals surface area contributed by atoms with Crippen molar-refractivity contribution in [2.75, 3.05) is 12.4 Å². The van der Waals surface area contributed by atoms with E-state index in [1.54, 1.807) is 30.0 Å². The zero-order valence-corrected chi connectivity index (χ0v) is 11.2. The van der Waals surface area contributed by atoms with Crippen molar-refractivity contribution in [2.45, 2.75) is 4.90 Å². The Morgan fingerprint density at radius 1 is 1.06 bits per heavy atom. The van der Waals surface area contributed by atoms with Gasteiger partial charge in [-0.15, -0.1) is 11.8 Å². The highest BCUT2D eigenvalue weighted by Gasteiger charge is 2.00. The Morgan fingerprint density at radius 3 is 2.50 bits per heavy atom. The lowest BCUT2D eigenvalue weighted by molar-refractivity contribution is 0.344. The predicted octanol–water partition coefficient (Wildman–Crippen LogP) is 4.22. The number of para-hydroxylation sites is 1. The Bertz CT molecular complexity index is 499. The molecule has 2 aromatic carbocycles. The van der Waals surface area contributed by atoms with Gasteiger partial charge in [-0.3, -0.25) is 0 Å². The molecule has 0 radical (unpaired) electrons. The summed E-state index contributed by atoms with van der Waals surface area (Å²) in [5, 5.41) is 10.3. The molecule has 18 heavy (non-hydrogen) atoms. The largest absolute Gasteiger partial charge is 0.507 e. The summed E-state index contributed by atoms with van der Waals surface area (Å²) < 4.78 is 5.56. The molecule has 0 aliphatic heterocycles. The van der Waals surface area contributed by atoms with Gasteiger partial charge in [0.25, 0.3) is 0 Å². The normalized spacial score (nSPS) is 10.3. The zero-order chi connectivity index (χ0) is 12.8. The fourth-order valence-electron chi connectivity index (χ4n) is 1.42. The van der Waals surface area contributed by atoms with Crippen LogP contribution < -0.4 is 4.74 Å². The van der Waals surface area contributed by atoms with Gasteiger partial charge in [0.2, 0.25) is 0 Å². The monoisotopic (exact) mass is 280 g/mol. The first kappa shape index (κ1) is 13.1. The Morgan fingerprint density at radius 2 is 1.78 bits per heavy atom. The third-order valence-corrected chi connectivity index (χ3v) is 3.57. The van der Waals surface area contributed by atoms with E-state index >= 15 is 0 Å². The van der Waals surface area contributed by atoms with Crippen molar-refractivity contribution >= 4 is 23.4 Å². The molecular weight excluding hydrogens is 268 g/mol. The SMILES string of the molecule is Oc1ccccc1SCCOc1ccc(Cl)cc1. The molecule has 0 amide bonds. The second-order valence-corrected chi connectivity index (χ2v) is 5.19. The van der Waals surface area contributed by atoms with E-state index in [2.05, 4.69) is 0 Å². The second kappa shape index (κ2) is 6.57. The molecule has 0 spiro atoms. The molecule has 0 bridgehead atoms. The zero-order valence-electron chi connectivity index (χ0n) is 9.67. The number of aromatic hydroxyl groups is 1. The van der Waals surface area contributed by atoms with Gasteiger partial charge in [0.1, 0.15) is 11.5 Å². The molecule has 0 aliphatic rings. The van der Waals surface area contributed by atoms with Crippen LogP contribution in [0.3, 0.4) is 0 Å². The predicted molar refractivity (Wildman–Crippen MR) is 75.8 cm³/mol. The number of thioether (sulfide) groups is 1. The van der Waals surface area contributed by atoms with E-state index in [-0.39, 0.29) is 0 Å². The Balaban J connectivity index is 1.76. The molecule has 0 saturated heterocycles. The lowest BCUT2D eigenvalue weighted by atomic mass is 10.3. The van der Waals surface area contributed by atoms with Crippen molar-refractivity contribution in [3.05, 3.63) is 53.6 Å². The van der Waals surface area contributed by atoms with Crippen molar-refractivity contribution in [1.82, 2.24) is 0 Å². The van der Waals surface area contributed by atoms with Crippen LogP contribution in [0.4, 0.5) is 0 Å². The Hall–Kier alpha value is -1.32. The molecule has 4 heteroatoms. The van der Waals surface area contributed by atoms with Crippen molar-refractivity contribution in [3.8, 4) is 11.5 Å². The molecule has 0 aliphatic carbocycles. The third kappa shape index (κ3) is 3.86. The maximum atomic E-state index is 9.58. The number of benzene rings is 2. The van der Waals surface area contributed by atoms with Gasteiger partial charge in [0.05, 0.1) is 6.61 Å². The van der Waals surface area contributed by atoms with Gasteiger partial charge in [-0.25, -0.2) is 0 Å². The third-order valence-electron chi connectivity index (χ3n) is 2.29. The van der Waals surface area contributed by atoms with Crippen molar-refractivity contribution in [1.29, 1.82) is 0 Å². The second-order valence-electron chi connectivity index (χ2n) is 3.62. The van der Waals surface area contributed by atoms with Crippen LogP contribution in [0.15, 0.2) is 53.4 Å². The summed E-state index contributed by atoms with van der Waals surface area (Å²) in [5.41, 5.74) is 0. The standard InChI is InChI=1S/C14H13ClO2S/c15-11-5-7-12(8-6-11)17-9-10-18-14-4-2-1-3-13(14)16/h1-8,16H,9-10H2. The fraction of sp³-hybridized carbons (Fsp3) is 0.143.